The van der Waals surface area contributed by atoms with Crippen molar-refractivity contribution in [2.45, 2.75) is 19.4 Å². The highest BCUT2D eigenvalue weighted by Crippen LogP contribution is 2.14. The van der Waals surface area contributed by atoms with Crippen molar-refractivity contribution in [1.29, 1.82) is 0 Å². The zero-order chi connectivity index (χ0) is 13.9. The van der Waals surface area contributed by atoms with Crippen LogP contribution in [-0.4, -0.2) is 25.7 Å². The molecule has 1 atom stereocenters. The van der Waals surface area contributed by atoms with Crippen LogP contribution in [0.5, 0.6) is 0 Å². The Kier molecular flexibility index (Phi) is 7.09. The summed E-state index contributed by atoms with van der Waals surface area (Å²) in [5.41, 5.74) is 9.04. The largest absolute Gasteiger partial charge is 0.465 e. The molecule has 0 heterocycles. The van der Waals surface area contributed by atoms with Crippen molar-refractivity contribution in [2.75, 3.05) is 19.7 Å². The van der Waals surface area contributed by atoms with E-state index in [0.717, 1.165) is 5.56 Å². The predicted molar refractivity (Wildman–Crippen MR) is 72.4 cm³/mol. The van der Waals surface area contributed by atoms with Gasteiger partial charge in [-0.15, -0.1) is 0 Å². The molecule has 0 aliphatic heterocycles. The van der Waals surface area contributed by atoms with E-state index in [1.54, 1.807) is 6.92 Å². The van der Waals surface area contributed by atoms with Gasteiger partial charge in [-0.1, -0.05) is 35.4 Å². The molecule has 0 amide bonds. The van der Waals surface area contributed by atoms with Crippen molar-refractivity contribution in [3.8, 4) is 0 Å². The van der Waals surface area contributed by atoms with E-state index in [1.165, 1.54) is 0 Å². The molecule has 0 aromatic heterocycles. The van der Waals surface area contributed by atoms with E-state index in [2.05, 4.69) is 15.3 Å². The number of rotatable bonds is 8. The van der Waals surface area contributed by atoms with Crippen LogP contribution < -0.4 is 5.32 Å². The minimum atomic E-state index is -0.479. The van der Waals surface area contributed by atoms with Gasteiger partial charge in [0.2, 0.25) is 0 Å². The van der Waals surface area contributed by atoms with Crippen molar-refractivity contribution in [3.63, 3.8) is 0 Å². The molecule has 6 nitrogen and oxygen atoms in total. The normalized spacial score (nSPS) is 11.4. The molecule has 102 valence electrons. The molecule has 0 spiro atoms. The Balaban J connectivity index is 2.60. The third-order valence-corrected chi connectivity index (χ3v) is 2.50. The first kappa shape index (κ1) is 15.0. The first-order chi connectivity index (χ1) is 9.29. The number of benzene rings is 1. The van der Waals surface area contributed by atoms with Gasteiger partial charge in [-0.25, -0.2) is 4.79 Å². The molecule has 1 N–H and O–H groups in total. The van der Waals surface area contributed by atoms with Crippen LogP contribution in [-0.2, 0) is 9.53 Å². The predicted octanol–water partition coefficient (Wildman–Crippen LogP) is 2.58. The Hall–Kier alpha value is -2.04. The lowest BCUT2D eigenvalue weighted by molar-refractivity contribution is -0.145. The van der Waals surface area contributed by atoms with Gasteiger partial charge in [0.25, 0.3) is 0 Å². The first-order valence-electron chi connectivity index (χ1n) is 6.25. The highest BCUT2D eigenvalue weighted by molar-refractivity contribution is 5.77. The SMILES string of the molecule is CCOC(=O)C(NCCCN=[N+]=[N-])c1ccccc1. The van der Waals surface area contributed by atoms with Gasteiger partial charge in [0, 0.05) is 11.5 Å². The third kappa shape index (κ3) is 5.42. The third-order valence-electron chi connectivity index (χ3n) is 2.50. The highest BCUT2D eigenvalue weighted by Gasteiger charge is 2.20. The summed E-state index contributed by atoms with van der Waals surface area (Å²) >= 11 is 0. The van der Waals surface area contributed by atoms with E-state index in [-0.39, 0.29) is 5.97 Å². The van der Waals surface area contributed by atoms with E-state index >= 15 is 0 Å². The van der Waals surface area contributed by atoms with E-state index in [9.17, 15) is 4.79 Å². The second-order valence-corrected chi connectivity index (χ2v) is 3.86. The summed E-state index contributed by atoms with van der Waals surface area (Å²) in [5, 5.41) is 6.57. The monoisotopic (exact) mass is 262 g/mol. The summed E-state index contributed by atoms with van der Waals surface area (Å²) in [5.74, 6) is -0.294. The van der Waals surface area contributed by atoms with E-state index < -0.39 is 6.04 Å². The standard InChI is InChI=1S/C13H18N4O2/c1-2-19-13(18)12(11-7-4-3-5-8-11)15-9-6-10-16-17-14/h3-5,7-8,12,15H,2,6,9-10H2,1H3. The molecule has 1 unspecified atom stereocenters. The van der Waals surface area contributed by atoms with Gasteiger partial charge in [0.15, 0.2) is 0 Å². The molecule has 0 radical (unpaired) electrons. The summed E-state index contributed by atoms with van der Waals surface area (Å²) in [6.45, 7) is 3.12. The number of hydrogen-bond acceptors (Lipinski definition) is 4. The molecule has 0 saturated carbocycles. The maximum absolute atomic E-state index is 11.9. The van der Waals surface area contributed by atoms with Crippen molar-refractivity contribution in [1.82, 2.24) is 5.32 Å². The summed E-state index contributed by atoms with van der Waals surface area (Å²) < 4.78 is 5.05. The maximum atomic E-state index is 11.9. The Bertz CT molecular complexity index is 430. The second kappa shape index (κ2) is 8.97. The van der Waals surface area contributed by atoms with Gasteiger partial charge in [-0.2, -0.15) is 0 Å². The molecule has 0 aliphatic carbocycles. The van der Waals surface area contributed by atoms with Crippen LogP contribution in [0.15, 0.2) is 35.4 Å². The maximum Gasteiger partial charge on any atom is 0.327 e. The lowest BCUT2D eigenvalue weighted by Crippen LogP contribution is -2.31. The Labute approximate surface area is 112 Å². The van der Waals surface area contributed by atoms with Gasteiger partial charge >= 0.3 is 5.97 Å². The molecule has 1 aromatic rings. The van der Waals surface area contributed by atoms with Gasteiger partial charge in [0.05, 0.1) is 6.61 Å². The molecular weight excluding hydrogens is 244 g/mol. The van der Waals surface area contributed by atoms with Gasteiger partial charge < -0.3 is 10.1 Å². The van der Waals surface area contributed by atoms with Gasteiger partial charge in [-0.05, 0) is 31.0 Å². The molecule has 1 rings (SSSR count). The zero-order valence-corrected chi connectivity index (χ0v) is 11.0. The van der Waals surface area contributed by atoms with Crippen LogP contribution in [0.25, 0.3) is 10.4 Å². The molecule has 0 fully saturated rings. The number of carbonyl (C=O) groups excluding carboxylic acids is 1. The number of nitrogens with zero attached hydrogens (tertiary/aromatic N) is 3. The molecule has 0 bridgehead atoms. The summed E-state index contributed by atoms with van der Waals surface area (Å²) in [6.07, 6.45) is 0.673. The second-order valence-electron chi connectivity index (χ2n) is 3.86. The first-order valence-corrected chi connectivity index (χ1v) is 6.25. The van der Waals surface area contributed by atoms with Crippen LogP contribution in [0.1, 0.15) is 24.9 Å². The molecule has 0 aliphatic rings. The fraction of sp³-hybridized carbons (Fsp3) is 0.462. The fourth-order valence-electron chi connectivity index (χ4n) is 1.65. The minimum Gasteiger partial charge on any atom is -0.465 e. The highest BCUT2D eigenvalue weighted by atomic mass is 16.5. The number of ether oxygens (including phenoxy) is 1. The summed E-state index contributed by atoms with van der Waals surface area (Å²) in [4.78, 5) is 14.6. The zero-order valence-electron chi connectivity index (χ0n) is 11.0. The van der Waals surface area contributed by atoms with Crippen LogP contribution in [0.4, 0.5) is 0 Å². The Morgan fingerprint density at radius 2 is 2.21 bits per heavy atom. The number of azide groups is 1. The Morgan fingerprint density at radius 3 is 2.84 bits per heavy atom. The topological polar surface area (TPSA) is 87.1 Å². The molecule has 6 heteroatoms. The quantitative estimate of drug-likeness (QED) is 0.257. The van der Waals surface area contributed by atoms with E-state index in [0.29, 0.717) is 26.1 Å². The molecule has 1 aromatic carbocycles. The van der Waals surface area contributed by atoms with E-state index in [4.69, 9.17) is 10.3 Å². The number of hydrogen-bond donors (Lipinski definition) is 1. The molecule has 0 saturated heterocycles. The lowest BCUT2D eigenvalue weighted by atomic mass is 10.1. The number of carbonyl (C=O) groups is 1. The molecule has 19 heavy (non-hydrogen) atoms. The van der Waals surface area contributed by atoms with Crippen LogP contribution >= 0.6 is 0 Å². The van der Waals surface area contributed by atoms with Crippen LogP contribution in [0, 0.1) is 0 Å². The van der Waals surface area contributed by atoms with Crippen LogP contribution in [0.3, 0.4) is 0 Å². The minimum absolute atomic E-state index is 0.294. The van der Waals surface area contributed by atoms with Crippen molar-refractivity contribution in [3.05, 3.63) is 46.3 Å². The van der Waals surface area contributed by atoms with Gasteiger partial charge in [-0.3, -0.25) is 0 Å². The average molecular weight is 262 g/mol. The van der Waals surface area contributed by atoms with E-state index in [1.807, 2.05) is 30.3 Å². The summed E-state index contributed by atoms with van der Waals surface area (Å²) in [6, 6.07) is 8.93. The summed E-state index contributed by atoms with van der Waals surface area (Å²) in [7, 11) is 0. The van der Waals surface area contributed by atoms with Crippen molar-refractivity contribution >= 4 is 5.97 Å². The molecular formula is C13H18N4O2. The number of nitrogens with one attached hydrogen (secondary N) is 1. The fourth-order valence-corrected chi connectivity index (χ4v) is 1.65. The van der Waals surface area contributed by atoms with Gasteiger partial charge in [0.1, 0.15) is 6.04 Å². The van der Waals surface area contributed by atoms with Crippen LogP contribution in [0.2, 0.25) is 0 Å². The van der Waals surface area contributed by atoms with Crippen molar-refractivity contribution < 1.29 is 9.53 Å². The average Bonchev–Trinajstić information content (AvgIpc) is 2.44. The Morgan fingerprint density at radius 1 is 1.47 bits per heavy atom. The number of esters is 1. The van der Waals surface area contributed by atoms with Crippen molar-refractivity contribution in [2.24, 2.45) is 5.11 Å². The lowest BCUT2D eigenvalue weighted by Gasteiger charge is -2.17. The smallest absolute Gasteiger partial charge is 0.327 e.